The molecule has 10 heteroatoms. The fraction of sp³-hybridized carbons (Fsp3) is 0.240. The number of alkyl halides is 2. The third-order valence-electron chi connectivity index (χ3n) is 6.17. The Balaban J connectivity index is 1.70. The largest absolute Gasteiger partial charge is 0.480 e. The average molecular weight is 522 g/mol. The van der Waals surface area contributed by atoms with Crippen molar-refractivity contribution in [2.24, 2.45) is 0 Å². The summed E-state index contributed by atoms with van der Waals surface area (Å²) in [5.74, 6) is -1.49. The molecule has 35 heavy (non-hydrogen) atoms. The molecule has 184 valence electrons. The molecule has 0 bridgehead atoms. The zero-order chi connectivity index (χ0) is 25.2. The van der Waals surface area contributed by atoms with Crippen LogP contribution in [0.4, 0.5) is 8.78 Å². The number of halogens is 3. The smallest absolute Gasteiger partial charge is 0.387 e. The van der Waals surface area contributed by atoms with Gasteiger partial charge >= 0.3 is 12.6 Å². The van der Waals surface area contributed by atoms with Crippen LogP contribution in [0.2, 0.25) is 5.02 Å². The van der Waals surface area contributed by atoms with E-state index in [4.69, 9.17) is 11.6 Å². The maximum Gasteiger partial charge on any atom is 0.387 e. The number of hydrogen-bond acceptors (Lipinski definition) is 4. The summed E-state index contributed by atoms with van der Waals surface area (Å²) in [6.45, 7) is -3.79. The minimum atomic E-state index is -4.28. The molecule has 0 aliphatic heterocycles. The molecule has 0 radical (unpaired) electrons. The SMILES string of the molecule is O=C(O)CN(C1(c2ccc(-c3ccc(Cl)cc3)cc2)CCC1)S(=O)(=O)c1ccc(OC(F)F)cc1. The fourth-order valence-electron chi connectivity index (χ4n) is 4.32. The monoisotopic (exact) mass is 521 g/mol. The molecule has 3 aromatic rings. The number of nitrogens with zero attached hydrogens (tertiary/aromatic N) is 1. The van der Waals surface area contributed by atoms with Crippen LogP contribution in [0.15, 0.2) is 77.7 Å². The molecule has 1 N–H and O–H groups in total. The molecule has 1 fully saturated rings. The number of aliphatic carboxylic acids is 1. The summed E-state index contributed by atoms with van der Waals surface area (Å²) in [5, 5.41) is 10.2. The lowest BCUT2D eigenvalue weighted by atomic mass is 9.71. The summed E-state index contributed by atoms with van der Waals surface area (Å²) in [7, 11) is -4.28. The lowest BCUT2D eigenvalue weighted by Gasteiger charge is -2.49. The van der Waals surface area contributed by atoms with E-state index in [-0.39, 0.29) is 10.6 Å². The zero-order valence-corrected chi connectivity index (χ0v) is 20.0. The van der Waals surface area contributed by atoms with E-state index in [2.05, 4.69) is 4.74 Å². The van der Waals surface area contributed by atoms with Gasteiger partial charge in [-0.1, -0.05) is 48.0 Å². The predicted octanol–water partition coefficient (Wildman–Crippen LogP) is 5.76. The number of sulfonamides is 1. The number of ether oxygens (including phenoxy) is 1. The van der Waals surface area contributed by atoms with E-state index in [9.17, 15) is 27.1 Å². The number of carboxylic acids is 1. The Morgan fingerprint density at radius 1 is 0.971 bits per heavy atom. The van der Waals surface area contributed by atoms with Gasteiger partial charge in [0.1, 0.15) is 12.3 Å². The van der Waals surface area contributed by atoms with Crippen LogP contribution in [-0.2, 0) is 20.4 Å². The fourth-order valence-corrected chi connectivity index (χ4v) is 6.21. The van der Waals surface area contributed by atoms with E-state index in [0.717, 1.165) is 46.1 Å². The Morgan fingerprint density at radius 2 is 1.51 bits per heavy atom. The topological polar surface area (TPSA) is 83.9 Å². The van der Waals surface area contributed by atoms with E-state index in [1.165, 1.54) is 0 Å². The van der Waals surface area contributed by atoms with Crippen molar-refractivity contribution in [3.8, 4) is 16.9 Å². The number of carboxylic acid groups (broad SMARTS) is 1. The van der Waals surface area contributed by atoms with Gasteiger partial charge in [-0.15, -0.1) is 0 Å². The normalized spacial score (nSPS) is 15.1. The first-order chi connectivity index (χ1) is 16.6. The molecular weight excluding hydrogens is 500 g/mol. The van der Waals surface area contributed by atoms with Crippen molar-refractivity contribution in [1.29, 1.82) is 0 Å². The van der Waals surface area contributed by atoms with Gasteiger partial charge in [-0.2, -0.15) is 13.1 Å². The van der Waals surface area contributed by atoms with E-state index >= 15 is 0 Å². The molecule has 0 spiro atoms. The van der Waals surface area contributed by atoms with E-state index in [0.29, 0.717) is 23.4 Å². The van der Waals surface area contributed by atoms with Gasteiger partial charge in [0.05, 0.1) is 10.4 Å². The third-order valence-corrected chi connectivity index (χ3v) is 8.35. The highest BCUT2D eigenvalue weighted by molar-refractivity contribution is 7.89. The number of rotatable bonds is 9. The Kier molecular flexibility index (Phi) is 7.12. The molecule has 0 heterocycles. The summed E-state index contributed by atoms with van der Waals surface area (Å²) in [4.78, 5) is 11.5. The summed E-state index contributed by atoms with van der Waals surface area (Å²) >= 11 is 5.96. The number of benzene rings is 3. The van der Waals surface area contributed by atoms with Crippen molar-refractivity contribution < 1.29 is 31.8 Å². The second-order valence-corrected chi connectivity index (χ2v) is 10.5. The van der Waals surface area contributed by atoms with Crippen molar-refractivity contribution in [3.05, 3.63) is 83.4 Å². The Bertz CT molecular complexity index is 1290. The molecule has 0 saturated heterocycles. The molecule has 6 nitrogen and oxygen atoms in total. The Hall–Kier alpha value is -3.01. The molecule has 1 saturated carbocycles. The van der Waals surface area contributed by atoms with Gasteiger partial charge in [-0.3, -0.25) is 4.79 Å². The molecule has 1 aliphatic carbocycles. The van der Waals surface area contributed by atoms with Gasteiger partial charge in [0.15, 0.2) is 0 Å². The lowest BCUT2D eigenvalue weighted by molar-refractivity contribution is -0.139. The summed E-state index contributed by atoms with van der Waals surface area (Å²) in [5.41, 5.74) is 1.49. The second kappa shape index (κ2) is 9.93. The summed E-state index contributed by atoms with van der Waals surface area (Å²) in [6, 6.07) is 19.2. The molecule has 0 amide bonds. The van der Waals surface area contributed by atoms with Crippen LogP contribution in [0.25, 0.3) is 11.1 Å². The highest BCUT2D eigenvalue weighted by Gasteiger charge is 2.50. The van der Waals surface area contributed by atoms with Crippen LogP contribution < -0.4 is 4.74 Å². The van der Waals surface area contributed by atoms with Gasteiger partial charge in [-0.05, 0) is 72.4 Å². The summed E-state index contributed by atoms with van der Waals surface area (Å²) < 4.78 is 57.4. The van der Waals surface area contributed by atoms with Crippen molar-refractivity contribution in [3.63, 3.8) is 0 Å². The number of carbonyl (C=O) groups is 1. The molecule has 0 aromatic heterocycles. The minimum absolute atomic E-state index is 0.195. The van der Waals surface area contributed by atoms with Crippen LogP contribution in [0.1, 0.15) is 24.8 Å². The molecule has 3 aromatic carbocycles. The van der Waals surface area contributed by atoms with Crippen molar-refractivity contribution in [1.82, 2.24) is 4.31 Å². The maximum atomic E-state index is 13.6. The number of hydrogen-bond donors (Lipinski definition) is 1. The molecule has 0 unspecified atom stereocenters. The highest BCUT2D eigenvalue weighted by atomic mass is 35.5. The Labute approximate surface area is 206 Å². The molecule has 4 rings (SSSR count). The van der Waals surface area contributed by atoms with Gasteiger partial charge in [-0.25, -0.2) is 8.42 Å². The van der Waals surface area contributed by atoms with E-state index in [1.54, 1.807) is 12.1 Å². The van der Waals surface area contributed by atoms with E-state index in [1.807, 2.05) is 36.4 Å². The minimum Gasteiger partial charge on any atom is -0.480 e. The van der Waals surface area contributed by atoms with Gasteiger partial charge in [0.25, 0.3) is 0 Å². The van der Waals surface area contributed by atoms with Gasteiger partial charge < -0.3 is 9.84 Å². The van der Waals surface area contributed by atoms with Crippen LogP contribution >= 0.6 is 11.6 Å². The van der Waals surface area contributed by atoms with E-state index < -0.39 is 34.7 Å². The zero-order valence-electron chi connectivity index (χ0n) is 18.4. The van der Waals surface area contributed by atoms with Gasteiger partial charge in [0, 0.05) is 5.02 Å². The first-order valence-electron chi connectivity index (χ1n) is 10.8. The second-order valence-electron chi connectivity index (χ2n) is 8.22. The van der Waals surface area contributed by atoms with Crippen LogP contribution in [0.5, 0.6) is 5.75 Å². The summed E-state index contributed by atoms with van der Waals surface area (Å²) in [6.07, 6.45) is 1.63. The maximum absolute atomic E-state index is 13.6. The highest BCUT2D eigenvalue weighted by Crippen LogP contribution is 2.49. The molecular formula is C25H22ClF2NO5S. The standard InChI is InChI=1S/C25H22ClF2NO5S/c26-20-8-4-18(5-9-20)17-2-6-19(7-3-17)25(14-1-15-25)29(16-23(30)31)35(32,33)22-12-10-21(11-13-22)34-24(27)28/h2-13,24H,1,14-16H2,(H,30,31). The first-order valence-corrected chi connectivity index (χ1v) is 12.6. The first kappa shape index (κ1) is 25.1. The van der Waals surface area contributed by atoms with Crippen molar-refractivity contribution in [2.75, 3.05) is 6.54 Å². The van der Waals surface area contributed by atoms with Crippen molar-refractivity contribution in [2.45, 2.75) is 36.3 Å². The van der Waals surface area contributed by atoms with Gasteiger partial charge in [0.2, 0.25) is 10.0 Å². The predicted molar refractivity (Wildman–Crippen MR) is 127 cm³/mol. The van der Waals surface area contributed by atoms with Crippen molar-refractivity contribution >= 4 is 27.6 Å². The molecule has 0 atom stereocenters. The third kappa shape index (κ3) is 5.17. The van der Waals surface area contributed by atoms with Crippen LogP contribution in [0.3, 0.4) is 0 Å². The van der Waals surface area contributed by atoms with Crippen LogP contribution in [0, 0.1) is 0 Å². The average Bonchev–Trinajstić information content (AvgIpc) is 2.78. The lowest BCUT2D eigenvalue weighted by Crippen LogP contribution is -2.55. The Morgan fingerprint density at radius 3 is 1.97 bits per heavy atom. The molecule has 1 aliphatic rings. The van der Waals surface area contributed by atoms with Crippen LogP contribution in [-0.4, -0.2) is 37.0 Å². The quantitative estimate of drug-likeness (QED) is 0.387.